The van der Waals surface area contributed by atoms with Gasteiger partial charge in [-0.15, -0.1) is 12.4 Å². The minimum absolute atomic E-state index is 0. The van der Waals surface area contributed by atoms with Gasteiger partial charge in [0.05, 0.1) is 0 Å². The van der Waals surface area contributed by atoms with Crippen molar-refractivity contribution in [1.29, 1.82) is 0 Å². The van der Waals surface area contributed by atoms with Crippen LogP contribution in [0.3, 0.4) is 0 Å². The van der Waals surface area contributed by atoms with Crippen LogP contribution in [0.1, 0.15) is 70.3 Å². The van der Waals surface area contributed by atoms with Crippen LogP contribution in [0, 0.1) is 0 Å². The Morgan fingerprint density at radius 3 is 2.30 bits per heavy atom. The van der Waals surface area contributed by atoms with Crippen LogP contribution >= 0.6 is 12.4 Å². The van der Waals surface area contributed by atoms with Crippen molar-refractivity contribution in [3.05, 3.63) is 60.2 Å². The predicted molar refractivity (Wildman–Crippen MR) is 128 cm³/mol. The highest BCUT2D eigenvalue weighted by Crippen LogP contribution is 2.24. The van der Waals surface area contributed by atoms with Gasteiger partial charge in [0.15, 0.2) is 6.23 Å². The molecule has 1 heterocycles. The Bertz CT molecular complexity index is 677. The Morgan fingerprint density at radius 2 is 1.53 bits per heavy atom. The molecule has 3 rings (SSSR count). The molecule has 1 aliphatic rings. The van der Waals surface area contributed by atoms with Crippen molar-refractivity contribution in [2.24, 2.45) is 0 Å². The van der Waals surface area contributed by atoms with Crippen molar-refractivity contribution in [2.45, 2.75) is 77.5 Å². The Labute approximate surface area is 189 Å². The summed E-state index contributed by atoms with van der Waals surface area (Å²) in [6.07, 6.45) is 12.0. The second-order valence-corrected chi connectivity index (χ2v) is 8.12. The maximum absolute atomic E-state index is 6.35. The summed E-state index contributed by atoms with van der Waals surface area (Å²) in [6, 6.07) is 18.4. The molecule has 1 fully saturated rings. The summed E-state index contributed by atoms with van der Waals surface area (Å²) in [5.74, 6) is 1.82. The molecule has 1 aliphatic heterocycles. The van der Waals surface area contributed by atoms with E-state index in [0.717, 1.165) is 31.0 Å². The average Bonchev–Trinajstić information content (AvgIpc) is 2.77. The highest BCUT2D eigenvalue weighted by molar-refractivity contribution is 5.85. The number of piperidine rings is 1. The van der Waals surface area contributed by atoms with Gasteiger partial charge in [-0.25, -0.2) is 0 Å². The second kappa shape index (κ2) is 14.3. The topological polar surface area (TPSA) is 21.7 Å². The van der Waals surface area contributed by atoms with E-state index in [1.165, 1.54) is 56.9 Å². The van der Waals surface area contributed by atoms with E-state index in [0.29, 0.717) is 6.61 Å². The zero-order chi connectivity index (χ0) is 20.2. The molecule has 0 bridgehead atoms. The summed E-state index contributed by atoms with van der Waals surface area (Å²) in [5, 5.41) is 0. The average molecular weight is 432 g/mol. The molecule has 0 aromatic heterocycles. The first-order valence-corrected chi connectivity index (χ1v) is 11.5. The number of nitrogens with zero attached hydrogens (tertiary/aromatic N) is 1. The fraction of sp³-hybridized carbons (Fsp3) is 0.538. The summed E-state index contributed by atoms with van der Waals surface area (Å²) in [7, 11) is 0. The number of likely N-dealkylation sites (tertiary alicyclic amines) is 1. The molecule has 4 heteroatoms. The lowest BCUT2D eigenvalue weighted by Gasteiger charge is -2.35. The minimum Gasteiger partial charge on any atom is -0.489 e. The number of ether oxygens (including phenoxy) is 2. The smallest absolute Gasteiger partial charge is 0.152 e. The summed E-state index contributed by atoms with van der Waals surface area (Å²) < 4.78 is 12.2. The van der Waals surface area contributed by atoms with Gasteiger partial charge in [0.2, 0.25) is 0 Å². The first kappa shape index (κ1) is 24.6. The zero-order valence-electron chi connectivity index (χ0n) is 18.4. The molecular formula is C26H38ClNO2. The Hall–Kier alpha value is -1.71. The van der Waals surface area contributed by atoms with E-state index < -0.39 is 0 Å². The molecule has 1 unspecified atom stereocenters. The first-order chi connectivity index (χ1) is 14.3. The molecule has 1 saturated heterocycles. The second-order valence-electron chi connectivity index (χ2n) is 8.12. The third-order valence-corrected chi connectivity index (χ3v) is 5.70. The molecule has 0 amide bonds. The van der Waals surface area contributed by atoms with E-state index in [4.69, 9.17) is 9.47 Å². The molecule has 3 nitrogen and oxygen atoms in total. The van der Waals surface area contributed by atoms with E-state index in [1.54, 1.807) is 0 Å². The van der Waals surface area contributed by atoms with Crippen LogP contribution in [0.5, 0.6) is 11.5 Å². The van der Waals surface area contributed by atoms with Crippen molar-refractivity contribution < 1.29 is 9.47 Å². The lowest BCUT2D eigenvalue weighted by molar-refractivity contribution is -0.00477. The molecule has 2 aromatic carbocycles. The summed E-state index contributed by atoms with van der Waals surface area (Å²) >= 11 is 0. The van der Waals surface area contributed by atoms with E-state index in [1.807, 2.05) is 42.5 Å². The number of unbranched alkanes of at least 4 members (excludes halogenated alkanes) is 5. The van der Waals surface area contributed by atoms with Gasteiger partial charge in [-0.2, -0.15) is 0 Å². The molecular weight excluding hydrogens is 394 g/mol. The van der Waals surface area contributed by atoms with Crippen LogP contribution in [-0.4, -0.2) is 24.2 Å². The molecule has 0 aliphatic carbocycles. The fourth-order valence-corrected chi connectivity index (χ4v) is 3.96. The molecule has 166 valence electrons. The standard InChI is InChI=1S/C26H37NO2.ClH/c1-2-3-4-5-6-11-20-27-21-12-10-15-26(27)29-25-18-16-24(17-19-25)28-22-23-13-8-7-9-14-23;/h7-9,13-14,16-19,26H,2-6,10-12,15,20-22H2,1H3;1H. The zero-order valence-corrected chi connectivity index (χ0v) is 19.2. The molecule has 0 spiro atoms. The molecule has 1 atom stereocenters. The highest BCUT2D eigenvalue weighted by atomic mass is 35.5. The largest absolute Gasteiger partial charge is 0.489 e. The predicted octanol–water partition coefficient (Wildman–Crippen LogP) is 7.24. The maximum Gasteiger partial charge on any atom is 0.152 e. The van der Waals surface area contributed by atoms with Gasteiger partial charge >= 0.3 is 0 Å². The minimum atomic E-state index is 0. The normalized spacial score (nSPS) is 16.6. The maximum atomic E-state index is 6.35. The van der Waals surface area contributed by atoms with Gasteiger partial charge < -0.3 is 9.47 Å². The van der Waals surface area contributed by atoms with Crippen LogP contribution in [0.2, 0.25) is 0 Å². The van der Waals surface area contributed by atoms with Crippen LogP contribution in [-0.2, 0) is 6.61 Å². The summed E-state index contributed by atoms with van der Waals surface area (Å²) in [4.78, 5) is 2.54. The van der Waals surface area contributed by atoms with Crippen molar-refractivity contribution in [2.75, 3.05) is 13.1 Å². The molecule has 0 N–H and O–H groups in total. The van der Waals surface area contributed by atoms with Crippen LogP contribution in [0.15, 0.2) is 54.6 Å². The Kier molecular flexibility index (Phi) is 11.7. The van der Waals surface area contributed by atoms with Crippen LogP contribution in [0.25, 0.3) is 0 Å². The number of halogens is 1. The molecule has 0 radical (unpaired) electrons. The third kappa shape index (κ3) is 8.57. The third-order valence-electron chi connectivity index (χ3n) is 5.70. The summed E-state index contributed by atoms with van der Waals surface area (Å²) in [5.41, 5.74) is 1.18. The molecule has 2 aromatic rings. The summed E-state index contributed by atoms with van der Waals surface area (Å²) in [6.45, 7) is 5.19. The van der Waals surface area contributed by atoms with Gasteiger partial charge in [-0.3, -0.25) is 4.90 Å². The molecule has 30 heavy (non-hydrogen) atoms. The van der Waals surface area contributed by atoms with Crippen molar-refractivity contribution in [3.8, 4) is 11.5 Å². The van der Waals surface area contributed by atoms with Crippen molar-refractivity contribution >= 4 is 12.4 Å². The fourth-order valence-electron chi connectivity index (χ4n) is 3.96. The SMILES string of the molecule is CCCCCCCCN1CCCCC1Oc1ccc(OCc2ccccc2)cc1.Cl. The number of hydrogen-bond acceptors (Lipinski definition) is 3. The number of rotatable bonds is 12. The van der Waals surface area contributed by atoms with E-state index in [9.17, 15) is 0 Å². The molecule has 0 saturated carbocycles. The lowest BCUT2D eigenvalue weighted by atomic mass is 10.1. The first-order valence-electron chi connectivity index (χ1n) is 11.5. The highest BCUT2D eigenvalue weighted by Gasteiger charge is 2.23. The van der Waals surface area contributed by atoms with E-state index in [2.05, 4.69) is 24.0 Å². The number of benzene rings is 2. The van der Waals surface area contributed by atoms with Gasteiger partial charge in [0.1, 0.15) is 18.1 Å². The van der Waals surface area contributed by atoms with Crippen LogP contribution in [0.4, 0.5) is 0 Å². The van der Waals surface area contributed by atoms with E-state index in [-0.39, 0.29) is 18.6 Å². The lowest BCUT2D eigenvalue weighted by Crippen LogP contribution is -2.43. The van der Waals surface area contributed by atoms with Crippen LogP contribution < -0.4 is 9.47 Å². The van der Waals surface area contributed by atoms with Crippen molar-refractivity contribution in [3.63, 3.8) is 0 Å². The Balaban J connectivity index is 0.00000320. The van der Waals surface area contributed by atoms with Gasteiger partial charge in [0.25, 0.3) is 0 Å². The van der Waals surface area contributed by atoms with Gasteiger partial charge in [0, 0.05) is 13.1 Å². The monoisotopic (exact) mass is 431 g/mol. The van der Waals surface area contributed by atoms with Gasteiger partial charge in [-0.05, 0) is 55.5 Å². The number of hydrogen-bond donors (Lipinski definition) is 0. The quantitative estimate of drug-likeness (QED) is 0.330. The van der Waals surface area contributed by atoms with E-state index >= 15 is 0 Å². The Morgan fingerprint density at radius 1 is 0.833 bits per heavy atom. The van der Waals surface area contributed by atoms with Crippen molar-refractivity contribution in [1.82, 2.24) is 4.90 Å². The van der Waals surface area contributed by atoms with Gasteiger partial charge in [-0.1, -0.05) is 69.4 Å².